The van der Waals surface area contributed by atoms with Gasteiger partial charge in [-0.3, -0.25) is 0 Å². The quantitative estimate of drug-likeness (QED) is 0.921. The normalized spacial score (nSPS) is 17.8. The molecule has 1 aliphatic heterocycles. The van der Waals surface area contributed by atoms with Gasteiger partial charge in [0.1, 0.15) is 17.6 Å². The van der Waals surface area contributed by atoms with Crippen molar-refractivity contribution in [1.82, 2.24) is 5.32 Å². The highest BCUT2D eigenvalue weighted by molar-refractivity contribution is 9.10. The summed E-state index contributed by atoms with van der Waals surface area (Å²) in [6, 6.07) is 3.91. The third-order valence-electron chi connectivity index (χ3n) is 2.53. The molecule has 1 aromatic rings. The molecule has 2 heterocycles. The van der Waals surface area contributed by atoms with E-state index in [1.54, 1.807) is 0 Å². The number of rotatable bonds is 4. The van der Waals surface area contributed by atoms with Crippen LogP contribution in [0.2, 0.25) is 0 Å². The van der Waals surface area contributed by atoms with Gasteiger partial charge in [0.2, 0.25) is 0 Å². The average Bonchev–Trinajstić information content (AvgIpc) is 2.74. The molecule has 1 N–H and O–H groups in total. The monoisotopic (exact) mass is 285 g/mol. The Bertz CT molecular complexity index is 373. The van der Waals surface area contributed by atoms with Crippen LogP contribution in [0.4, 0.5) is 0 Å². The third kappa shape index (κ3) is 2.68. The molecule has 2 rings (SSSR count). The molecule has 1 atom stereocenters. The summed E-state index contributed by atoms with van der Waals surface area (Å²) in [5, 5.41) is 3.37. The molecule has 1 aromatic heterocycles. The lowest BCUT2D eigenvalue weighted by Gasteiger charge is -2.22. The van der Waals surface area contributed by atoms with Crippen LogP contribution in [0.3, 0.4) is 0 Å². The fourth-order valence-corrected chi connectivity index (χ4v) is 2.13. The van der Waals surface area contributed by atoms with Gasteiger partial charge in [-0.2, -0.15) is 0 Å². The molecule has 1 aliphatic rings. The number of nitrogens with one attached hydrogen (secondary N) is 1. The molecule has 0 aromatic carbocycles. The summed E-state index contributed by atoms with van der Waals surface area (Å²) in [5.74, 6) is 1.87. The summed E-state index contributed by atoms with van der Waals surface area (Å²) in [5.41, 5.74) is 0. The van der Waals surface area contributed by atoms with E-state index in [1.165, 1.54) is 0 Å². The molecule has 0 aliphatic carbocycles. The summed E-state index contributed by atoms with van der Waals surface area (Å²) < 4.78 is 12.0. The van der Waals surface area contributed by atoms with Gasteiger partial charge in [-0.15, -0.1) is 0 Å². The molecule has 4 heteroatoms. The van der Waals surface area contributed by atoms with Crippen LogP contribution < -0.4 is 5.32 Å². The van der Waals surface area contributed by atoms with Gasteiger partial charge in [-0.25, -0.2) is 0 Å². The molecular formula is C12H16BrNO2. The molecule has 88 valence electrons. The van der Waals surface area contributed by atoms with Gasteiger partial charge in [0, 0.05) is 0 Å². The van der Waals surface area contributed by atoms with Crippen LogP contribution in [0.25, 0.3) is 0 Å². The maximum Gasteiger partial charge on any atom is 0.169 e. The molecule has 0 saturated carbocycles. The highest BCUT2D eigenvalue weighted by Crippen LogP contribution is 2.28. The van der Waals surface area contributed by atoms with Crippen LogP contribution in [0.1, 0.15) is 31.6 Å². The zero-order valence-corrected chi connectivity index (χ0v) is 10.9. The highest BCUT2D eigenvalue weighted by Gasteiger charge is 2.21. The van der Waals surface area contributed by atoms with Crippen LogP contribution in [0.5, 0.6) is 0 Å². The molecule has 0 spiro atoms. The molecular weight excluding hydrogens is 270 g/mol. The lowest BCUT2D eigenvalue weighted by atomic mass is 10.1. The van der Waals surface area contributed by atoms with E-state index in [0.717, 1.165) is 42.2 Å². The Morgan fingerprint density at radius 3 is 2.94 bits per heavy atom. The van der Waals surface area contributed by atoms with Gasteiger partial charge in [0.05, 0.1) is 6.61 Å². The first-order valence-corrected chi connectivity index (χ1v) is 6.42. The number of likely N-dealkylation sites (N-methyl/N-ethyl adjacent to an activating group) is 1. The van der Waals surface area contributed by atoms with Crippen LogP contribution >= 0.6 is 15.9 Å². The van der Waals surface area contributed by atoms with Crippen LogP contribution in [-0.4, -0.2) is 13.2 Å². The first kappa shape index (κ1) is 11.7. The molecule has 3 nitrogen and oxygen atoms in total. The Morgan fingerprint density at radius 1 is 1.50 bits per heavy atom. The number of ether oxygens (including phenoxy) is 1. The minimum absolute atomic E-state index is 0.0385. The predicted molar refractivity (Wildman–Crippen MR) is 66.1 cm³/mol. The molecule has 0 bridgehead atoms. The topological polar surface area (TPSA) is 34.4 Å². The summed E-state index contributed by atoms with van der Waals surface area (Å²) in [4.78, 5) is 0. The van der Waals surface area contributed by atoms with Gasteiger partial charge in [0.15, 0.2) is 4.67 Å². The predicted octanol–water partition coefficient (Wildman–Crippen LogP) is 3.39. The summed E-state index contributed by atoms with van der Waals surface area (Å²) in [7, 11) is 0. The van der Waals surface area contributed by atoms with Crippen LogP contribution in [-0.2, 0) is 4.74 Å². The Balaban J connectivity index is 2.19. The number of hydrogen-bond acceptors (Lipinski definition) is 3. The van der Waals surface area contributed by atoms with Crippen molar-refractivity contribution in [3.05, 3.63) is 34.4 Å². The number of hydrogen-bond donors (Lipinski definition) is 1. The van der Waals surface area contributed by atoms with Crippen molar-refractivity contribution in [2.45, 2.75) is 25.8 Å². The van der Waals surface area contributed by atoms with Crippen molar-refractivity contribution in [3.63, 3.8) is 0 Å². The Morgan fingerprint density at radius 2 is 2.38 bits per heavy atom. The minimum atomic E-state index is 0.0385. The second kappa shape index (κ2) is 5.55. The van der Waals surface area contributed by atoms with E-state index in [1.807, 2.05) is 12.1 Å². The van der Waals surface area contributed by atoms with E-state index in [9.17, 15) is 0 Å². The van der Waals surface area contributed by atoms with Crippen molar-refractivity contribution in [2.24, 2.45) is 0 Å². The van der Waals surface area contributed by atoms with Crippen molar-refractivity contribution >= 4 is 15.9 Å². The lowest BCUT2D eigenvalue weighted by molar-refractivity contribution is 0.162. The Labute approximate surface area is 104 Å². The highest BCUT2D eigenvalue weighted by atomic mass is 79.9. The van der Waals surface area contributed by atoms with E-state index in [0.29, 0.717) is 0 Å². The smallest absolute Gasteiger partial charge is 0.169 e. The molecule has 0 fully saturated rings. The van der Waals surface area contributed by atoms with E-state index in [4.69, 9.17) is 9.15 Å². The van der Waals surface area contributed by atoms with Crippen molar-refractivity contribution < 1.29 is 9.15 Å². The zero-order chi connectivity index (χ0) is 11.4. The molecule has 0 radical (unpaired) electrons. The van der Waals surface area contributed by atoms with Crippen LogP contribution in [0, 0.1) is 0 Å². The van der Waals surface area contributed by atoms with Gasteiger partial charge in [-0.05, 0) is 53.5 Å². The Hall–Kier alpha value is -0.740. The van der Waals surface area contributed by atoms with Crippen LogP contribution in [0.15, 0.2) is 33.1 Å². The SMILES string of the molecule is CCNC(C1=CCCCO1)c1ccc(Br)o1. The summed E-state index contributed by atoms with van der Waals surface area (Å²) in [6.45, 7) is 3.76. The van der Waals surface area contributed by atoms with E-state index < -0.39 is 0 Å². The molecule has 0 amide bonds. The number of halogens is 1. The minimum Gasteiger partial charge on any atom is -0.496 e. The first-order valence-electron chi connectivity index (χ1n) is 5.62. The van der Waals surface area contributed by atoms with Crippen molar-refractivity contribution in [2.75, 3.05) is 13.2 Å². The molecule has 0 saturated heterocycles. The van der Waals surface area contributed by atoms with Crippen molar-refractivity contribution in [3.8, 4) is 0 Å². The largest absolute Gasteiger partial charge is 0.496 e. The summed E-state index contributed by atoms with van der Waals surface area (Å²) in [6.07, 6.45) is 4.33. The van der Waals surface area contributed by atoms with E-state index >= 15 is 0 Å². The lowest BCUT2D eigenvalue weighted by Crippen LogP contribution is -2.24. The number of allylic oxidation sites excluding steroid dienone is 1. The fourth-order valence-electron chi connectivity index (χ4n) is 1.81. The zero-order valence-electron chi connectivity index (χ0n) is 9.33. The maximum atomic E-state index is 5.68. The molecule has 1 unspecified atom stereocenters. The average molecular weight is 286 g/mol. The van der Waals surface area contributed by atoms with Gasteiger partial charge >= 0.3 is 0 Å². The second-order valence-electron chi connectivity index (χ2n) is 3.73. The first-order chi connectivity index (χ1) is 7.81. The van der Waals surface area contributed by atoms with E-state index in [-0.39, 0.29) is 6.04 Å². The van der Waals surface area contributed by atoms with E-state index in [2.05, 4.69) is 34.2 Å². The molecule has 16 heavy (non-hydrogen) atoms. The third-order valence-corrected chi connectivity index (χ3v) is 2.96. The van der Waals surface area contributed by atoms with Crippen molar-refractivity contribution in [1.29, 1.82) is 0 Å². The fraction of sp³-hybridized carbons (Fsp3) is 0.500. The van der Waals surface area contributed by atoms with Gasteiger partial charge < -0.3 is 14.5 Å². The maximum absolute atomic E-state index is 5.68. The second-order valence-corrected chi connectivity index (χ2v) is 4.51. The summed E-state index contributed by atoms with van der Waals surface area (Å²) >= 11 is 3.32. The Kier molecular flexibility index (Phi) is 4.07. The number of furan rings is 1. The van der Waals surface area contributed by atoms with Gasteiger partial charge in [0.25, 0.3) is 0 Å². The standard InChI is InChI=1S/C12H16BrNO2/c1-2-14-12(9-5-3-4-8-15-9)10-6-7-11(13)16-10/h5-7,12,14H,2-4,8H2,1H3. The van der Waals surface area contributed by atoms with Gasteiger partial charge in [-0.1, -0.05) is 6.92 Å².